The highest BCUT2D eigenvalue weighted by Gasteiger charge is 2.67. The summed E-state index contributed by atoms with van der Waals surface area (Å²) in [6.45, 7) is 11.0. The van der Waals surface area contributed by atoms with Crippen LogP contribution in [0.15, 0.2) is 16.8 Å². The Morgan fingerprint density at radius 2 is 2.05 bits per heavy atom. The van der Waals surface area contributed by atoms with Crippen molar-refractivity contribution in [1.29, 1.82) is 0 Å². The molecule has 3 atom stereocenters. The first-order valence-corrected chi connectivity index (χ1v) is 7.29. The van der Waals surface area contributed by atoms with Gasteiger partial charge in [0.05, 0.1) is 5.71 Å². The molecule has 2 aliphatic carbocycles. The van der Waals surface area contributed by atoms with Crippen LogP contribution in [0.2, 0.25) is 0 Å². The Labute approximate surface area is 115 Å². The van der Waals surface area contributed by atoms with Gasteiger partial charge in [0.2, 0.25) is 0 Å². The topological polar surface area (TPSA) is 38.7 Å². The molecular formula is C16H23NO2. The summed E-state index contributed by atoms with van der Waals surface area (Å²) in [5.41, 5.74) is 1.87. The molecule has 0 amide bonds. The van der Waals surface area contributed by atoms with E-state index in [0.29, 0.717) is 17.5 Å². The van der Waals surface area contributed by atoms with E-state index in [2.05, 4.69) is 34.6 Å². The fourth-order valence-corrected chi connectivity index (χ4v) is 4.13. The fourth-order valence-electron chi connectivity index (χ4n) is 4.13. The molecule has 0 saturated heterocycles. The summed E-state index contributed by atoms with van der Waals surface area (Å²) in [6, 6.07) is 0. The van der Waals surface area contributed by atoms with Gasteiger partial charge in [-0.3, -0.25) is 0 Å². The minimum atomic E-state index is -0.241. The van der Waals surface area contributed by atoms with Crippen LogP contribution in [0.5, 0.6) is 0 Å². The summed E-state index contributed by atoms with van der Waals surface area (Å²) >= 11 is 0. The van der Waals surface area contributed by atoms with Gasteiger partial charge in [0, 0.05) is 11.3 Å². The Morgan fingerprint density at radius 3 is 2.68 bits per heavy atom. The Morgan fingerprint density at radius 1 is 1.37 bits per heavy atom. The molecule has 1 heterocycles. The number of carbonyl (C=O) groups excluding carboxylic acids is 1. The van der Waals surface area contributed by atoms with Crippen LogP contribution in [-0.4, -0.2) is 17.8 Å². The zero-order valence-electron chi connectivity index (χ0n) is 12.5. The van der Waals surface area contributed by atoms with Crippen LogP contribution in [0, 0.1) is 22.7 Å². The van der Waals surface area contributed by atoms with Crippen LogP contribution < -0.4 is 0 Å². The summed E-state index contributed by atoms with van der Waals surface area (Å²) in [7, 11) is 0. The average Bonchev–Trinajstić information content (AvgIpc) is 2.60. The van der Waals surface area contributed by atoms with Crippen LogP contribution in [0.4, 0.5) is 0 Å². The van der Waals surface area contributed by atoms with E-state index in [4.69, 9.17) is 9.73 Å². The summed E-state index contributed by atoms with van der Waals surface area (Å²) in [5.74, 6) is 0.498. The van der Waals surface area contributed by atoms with Crippen LogP contribution in [-0.2, 0) is 9.53 Å². The monoisotopic (exact) mass is 261 g/mol. The Balaban J connectivity index is 2.09. The number of allylic oxidation sites excluding steroid dienone is 1. The molecule has 2 saturated carbocycles. The number of hydrogen-bond donors (Lipinski definition) is 0. The fraction of sp³-hybridized carbons (Fsp3) is 0.750. The Hall–Kier alpha value is -1.12. The lowest BCUT2D eigenvalue weighted by molar-refractivity contribution is -0.144. The number of rotatable bonds is 1. The van der Waals surface area contributed by atoms with E-state index in [9.17, 15) is 4.79 Å². The van der Waals surface area contributed by atoms with E-state index in [-0.39, 0.29) is 22.9 Å². The molecule has 3 rings (SSSR count). The molecule has 0 unspecified atom stereocenters. The normalized spacial score (nSPS) is 41.5. The number of fused-ring (bicyclic) bond motifs is 5. The van der Waals surface area contributed by atoms with Crippen molar-refractivity contribution in [2.24, 2.45) is 27.7 Å². The Kier molecular flexibility index (Phi) is 2.52. The number of hydrogen-bond acceptors (Lipinski definition) is 3. The molecule has 0 aromatic carbocycles. The number of nitrogens with zero attached hydrogens (tertiary/aromatic N) is 1. The zero-order chi connectivity index (χ0) is 14.0. The van der Waals surface area contributed by atoms with E-state index < -0.39 is 0 Å². The molecule has 0 radical (unpaired) electrons. The molecular weight excluding hydrogens is 238 g/mol. The van der Waals surface area contributed by atoms with E-state index in [1.807, 2.05) is 6.08 Å². The van der Waals surface area contributed by atoms with Gasteiger partial charge in [-0.05, 0) is 30.3 Å². The molecule has 2 fully saturated rings. The molecule has 104 valence electrons. The van der Waals surface area contributed by atoms with Gasteiger partial charge in [0.25, 0.3) is 0 Å². The smallest absolute Gasteiger partial charge is 0.357 e. The number of aliphatic imine (C=N–C) groups is 1. The third-order valence-electron chi connectivity index (χ3n) is 5.68. The first-order chi connectivity index (χ1) is 8.77. The molecule has 0 aromatic heterocycles. The lowest BCUT2D eigenvalue weighted by Gasteiger charge is -2.35. The summed E-state index contributed by atoms with van der Waals surface area (Å²) in [6.07, 6.45) is 4.13. The van der Waals surface area contributed by atoms with Crippen molar-refractivity contribution in [2.75, 3.05) is 0 Å². The first kappa shape index (κ1) is 12.9. The van der Waals surface area contributed by atoms with Crippen LogP contribution >= 0.6 is 0 Å². The standard InChI is InChI=1S/C16H23NO2/c1-9(2)8-11-14(18)19-12-10-6-7-16(5,13(12)17-11)15(10,3)4/h8-10,12H,6-7H2,1-5H3/b11-8-/t10-,12-,16+/m1/s1. The molecule has 2 bridgehead atoms. The van der Waals surface area contributed by atoms with Crippen LogP contribution in [0.3, 0.4) is 0 Å². The van der Waals surface area contributed by atoms with Gasteiger partial charge in [-0.2, -0.15) is 0 Å². The molecule has 19 heavy (non-hydrogen) atoms. The van der Waals surface area contributed by atoms with Crippen molar-refractivity contribution in [3.8, 4) is 0 Å². The van der Waals surface area contributed by atoms with Gasteiger partial charge < -0.3 is 4.74 Å². The van der Waals surface area contributed by atoms with E-state index in [0.717, 1.165) is 18.6 Å². The predicted octanol–water partition coefficient (Wildman–Crippen LogP) is 3.35. The summed E-state index contributed by atoms with van der Waals surface area (Å²) in [5, 5.41) is 0. The van der Waals surface area contributed by atoms with Crippen molar-refractivity contribution in [1.82, 2.24) is 0 Å². The summed E-state index contributed by atoms with van der Waals surface area (Å²) < 4.78 is 5.72. The zero-order valence-corrected chi connectivity index (χ0v) is 12.5. The van der Waals surface area contributed by atoms with Gasteiger partial charge in [-0.1, -0.05) is 34.6 Å². The molecule has 0 spiro atoms. The molecule has 0 N–H and O–H groups in total. The van der Waals surface area contributed by atoms with Crippen molar-refractivity contribution in [2.45, 2.75) is 53.6 Å². The Bertz CT molecular complexity index is 501. The van der Waals surface area contributed by atoms with Crippen molar-refractivity contribution >= 4 is 11.7 Å². The number of esters is 1. The molecule has 3 heteroatoms. The minimum Gasteiger partial charge on any atom is -0.451 e. The van der Waals surface area contributed by atoms with Gasteiger partial charge in [0.1, 0.15) is 11.8 Å². The maximum Gasteiger partial charge on any atom is 0.357 e. The van der Waals surface area contributed by atoms with Crippen molar-refractivity contribution in [3.05, 3.63) is 11.8 Å². The highest BCUT2D eigenvalue weighted by molar-refractivity contribution is 6.06. The van der Waals surface area contributed by atoms with Crippen molar-refractivity contribution in [3.63, 3.8) is 0 Å². The highest BCUT2D eigenvalue weighted by Crippen LogP contribution is 2.65. The lowest BCUT2D eigenvalue weighted by Crippen LogP contribution is -2.40. The SMILES string of the molecule is CC(C)/C=C1\N=C2[C@H](OC1=O)[C@H]1CC[C@]2(C)C1(C)C. The van der Waals surface area contributed by atoms with Gasteiger partial charge in [-0.15, -0.1) is 0 Å². The first-order valence-electron chi connectivity index (χ1n) is 7.29. The third-order valence-corrected chi connectivity index (χ3v) is 5.68. The number of ether oxygens (including phenoxy) is 1. The largest absolute Gasteiger partial charge is 0.451 e. The van der Waals surface area contributed by atoms with Gasteiger partial charge >= 0.3 is 5.97 Å². The van der Waals surface area contributed by atoms with Crippen molar-refractivity contribution < 1.29 is 9.53 Å². The van der Waals surface area contributed by atoms with E-state index >= 15 is 0 Å². The minimum absolute atomic E-state index is 0.0782. The predicted molar refractivity (Wildman–Crippen MR) is 74.8 cm³/mol. The van der Waals surface area contributed by atoms with E-state index in [1.54, 1.807) is 0 Å². The summed E-state index contributed by atoms with van der Waals surface area (Å²) in [4.78, 5) is 16.8. The third kappa shape index (κ3) is 1.50. The second-order valence-corrected chi connectivity index (χ2v) is 7.32. The average molecular weight is 261 g/mol. The van der Waals surface area contributed by atoms with Gasteiger partial charge in [-0.25, -0.2) is 9.79 Å². The molecule has 0 aromatic rings. The molecule has 3 aliphatic rings. The van der Waals surface area contributed by atoms with Crippen LogP contribution in [0.1, 0.15) is 47.5 Å². The highest BCUT2D eigenvalue weighted by atomic mass is 16.5. The quantitative estimate of drug-likeness (QED) is 0.536. The second-order valence-electron chi connectivity index (χ2n) is 7.32. The van der Waals surface area contributed by atoms with Gasteiger partial charge in [0.15, 0.2) is 0 Å². The second kappa shape index (κ2) is 3.71. The molecule has 1 aliphatic heterocycles. The lowest BCUT2D eigenvalue weighted by atomic mass is 9.70. The van der Waals surface area contributed by atoms with E-state index in [1.165, 1.54) is 0 Å². The maximum atomic E-state index is 12.1. The van der Waals surface area contributed by atoms with Crippen LogP contribution in [0.25, 0.3) is 0 Å². The number of carbonyl (C=O) groups is 1. The maximum absolute atomic E-state index is 12.1. The molecule has 3 nitrogen and oxygen atoms in total.